The monoisotopic (exact) mass is 783 g/mol. The smallest absolute Gasteiger partial charge is 0.315 e. The predicted molar refractivity (Wildman–Crippen MR) is 208 cm³/mol. The summed E-state index contributed by atoms with van der Waals surface area (Å²) in [5.41, 5.74) is -1.28. The number of rotatable bonds is 28. The molecule has 298 valence electrons. The molecule has 0 rings (SSSR count). The first-order chi connectivity index (χ1) is 23.6. The Kier molecular flexibility index (Phi) is 23.6. The molecule has 0 saturated carbocycles. The fourth-order valence-corrected chi connectivity index (χ4v) is 5.91. The van der Waals surface area contributed by atoms with Crippen molar-refractivity contribution in [3.63, 3.8) is 0 Å². The molecule has 0 aromatic heterocycles. The zero-order valence-corrected chi connectivity index (χ0v) is 36.4. The van der Waals surface area contributed by atoms with Crippen molar-refractivity contribution in [2.24, 2.45) is 11.3 Å². The van der Waals surface area contributed by atoms with Crippen LogP contribution in [0.2, 0.25) is 0 Å². The summed E-state index contributed by atoms with van der Waals surface area (Å²) < 4.78 is 34.4. The van der Waals surface area contributed by atoms with Gasteiger partial charge in [0.2, 0.25) is 5.91 Å². The highest BCUT2D eigenvalue weighted by molar-refractivity contribution is 7.59. The van der Waals surface area contributed by atoms with Crippen molar-refractivity contribution in [3.05, 3.63) is 0 Å². The second-order valence-corrected chi connectivity index (χ2v) is 23.2. The van der Waals surface area contributed by atoms with Gasteiger partial charge in [0.15, 0.2) is 0 Å². The first kappa shape index (κ1) is 49.7. The van der Waals surface area contributed by atoms with Crippen LogP contribution < -0.4 is 5.32 Å². The van der Waals surface area contributed by atoms with Crippen LogP contribution in [-0.2, 0) is 52.4 Å². The Morgan fingerprint density at radius 1 is 0.667 bits per heavy atom. The average molecular weight is 784 g/mol. The first-order valence-corrected chi connectivity index (χ1v) is 23.4. The van der Waals surface area contributed by atoms with E-state index in [9.17, 15) is 24.0 Å². The van der Waals surface area contributed by atoms with Gasteiger partial charge >= 0.3 is 17.9 Å². The Labute approximate surface area is 311 Å². The third kappa shape index (κ3) is 19.0. The van der Waals surface area contributed by atoms with Crippen LogP contribution in [0.4, 0.5) is 0 Å². The minimum Gasteiger partial charge on any atom is -0.464 e. The second-order valence-electron chi connectivity index (χ2n) is 15.1. The third-order valence-electron chi connectivity index (χ3n) is 8.83. The molecule has 0 radical (unpaired) electrons. The molecule has 0 aliphatic heterocycles. The number of esters is 3. The van der Waals surface area contributed by atoms with Crippen molar-refractivity contribution in [1.29, 1.82) is 0 Å². The zero-order chi connectivity index (χ0) is 39.5. The summed E-state index contributed by atoms with van der Waals surface area (Å²) in [6, 6.07) is 0. The van der Waals surface area contributed by atoms with E-state index in [1.807, 2.05) is 89.0 Å². The molecule has 0 bridgehead atoms. The normalized spacial score (nSPS) is 12.9. The minimum atomic E-state index is -1.28. The molecule has 0 fully saturated rings. The van der Waals surface area contributed by atoms with Crippen molar-refractivity contribution in [1.82, 2.24) is 5.32 Å². The van der Waals surface area contributed by atoms with E-state index in [0.717, 1.165) is 6.16 Å². The van der Waals surface area contributed by atoms with Crippen LogP contribution >= 0.6 is 24.4 Å². The molecule has 0 saturated heterocycles. The fraction of sp³-hybridized carbons (Fsp3) is 0.861. The highest BCUT2D eigenvalue weighted by atomic mass is 31.1. The summed E-state index contributed by atoms with van der Waals surface area (Å²) in [5.74, 6) is -1.43. The van der Waals surface area contributed by atoms with Crippen LogP contribution in [0.15, 0.2) is 0 Å². The fourth-order valence-electron chi connectivity index (χ4n) is 3.95. The van der Waals surface area contributed by atoms with Crippen molar-refractivity contribution < 1.29 is 52.4 Å². The largest absolute Gasteiger partial charge is 0.464 e. The van der Waals surface area contributed by atoms with E-state index in [2.05, 4.69) is 5.32 Å². The van der Waals surface area contributed by atoms with E-state index >= 15 is 0 Å². The Morgan fingerprint density at radius 3 is 1.59 bits per heavy atom. The van der Waals surface area contributed by atoms with Gasteiger partial charge in [-0.15, -0.1) is 8.58 Å². The number of ketones is 1. The van der Waals surface area contributed by atoms with Crippen LogP contribution in [0, 0.1) is 11.3 Å². The molecular weight excluding hydrogens is 715 g/mol. The standard InChI is InChI=1S/C36H68NO11P3/c1-14-49-33(4,5)30(40)46-24-36(25-47-31(41)34(6,7)50(10)11,26-48-32(42)35(8,9)51(12)13)23-45-22-29(39)37-17-19-44-21-20-43-18-15-16-28(38)27(2)3/h27,49H,14-26H2,1-13H3,(H,37,39). The minimum absolute atomic E-state index is 0.0318. The summed E-state index contributed by atoms with van der Waals surface area (Å²) in [6.07, 6.45) is 1.98. The second kappa shape index (κ2) is 24.2. The van der Waals surface area contributed by atoms with Gasteiger partial charge in [0.05, 0.1) is 47.3 Å². The van der Waals surface area contributed by atoms with Gasteiger partial charge in [-0.05, 0) is 80.8 Å². The molecule has 0 aromatic carbocycles. The predicted octanol–water partition coefficient (Wildman–Crippen LogP) is 5.29. The Hall–Kier alpha value is -1.28. The molecule has 12 nitrogen and oxygen atoms in total. The Morgan fingerprint density at radius 2 is 1.14 bits per heavy atom. The van der Waals surface area contributed by atoms with Gasteiger partial charge < -0.3 is 33.7 Å². The maximum atomic E-state index is 13.3. The van der Waals surface area contributed by atoms with Crippen molar-refractivity contribution in [2.45, 2.75) is 90.6 Å². The summed E-state index contributed by atoms with van der Waals surface area (Å²) in [4.78, 5) is 64.0. The Bertz CT molecular complexity index is 1060. The molecule has 0 heterocycles. The lowest BCUT2D eigenvalue weighted by molar-refractivity contribution is -0.170. The quantitative estimate of drug-likeness (QED) is 0.0477. The molecule has 0 aliphatic rings. The van der Waals surface area contributed by atoms with Crippen LogP contribution in [0.3, 0.4) is 0 Å². The molecule has 0 aromatic rings. The van der Waals surface area contributed by atoms with Crippen LogP contribution in [0.1, 0.15) is 75.2 Å². The SMILES string of the molecule is CCPC(C)(C)C(=O)OCC(COCC(=O)NCCOCCOCCCC(=O)C(C)C)(COC(=O)C(C)(C)P(C)C)COC(=O)C(C)(C)P(C)C. The highest BCUT2D eigenvalue weighted by Crippen LogP contribution is 2.44. The van der Waals surface area contributed by atoms with Gasteiger partial charge in [-0.3, -0.25) is 24.0 Å². The van der Waals surface area contributed by atoms with E-state index in [1.165, 1.54) is 0 Å². The molecule has 1 N–H and O–H groups in total. The number of carbonyl (C=O) groups is 5. The first-order valence-electron chi connectivity index (χ1n) is 17.7. The molecule has 1 atom stereocenters. The third-order valence-corrected chi connectivity index (χ3v) is 15.1. The maximum Gasteiger partial charge on any atom is 0.315 e. The molecule has 0 aliphatic carbocycles. The van der Waals surface area contributed by atoms with Gasteiger partial charge in [-0.2, -0.15) is 0 Å². The number of nitrogens with one attached hydrogen (secondary N) is 1. The van der Waals surface area contributed by atoms with Crippen LogP contribution in [0.25, 0.3) is 0 Å². The number of ether oxygens (including phenoxy) is 6. The number of Topliss-reactive ketones (excluding diaryl/α,β-unsaturated/α-hetero) is 1. The molecule has 15 heteroatoms. The summed E-state index contributed by atoms with van der Waals surface area (Å²) >= 11 is 0. The van der Waals surface area contributed by atoms with E-state index in [0.29, 0.717) is 41.2 Å². The average Bonchev–Trinajstić information content (AvgIpc) is 3.04. The van der Waals surface area contributed by atoms with E-state index in [-0.39, 0.29) is 57.9 Å². The number of hydrogen-bond acceptors (Lipinski definition) is 11. The lowest BCUT2D eigenvalue weighted by atomic mass is 9.91. The summed E-state index contributed by atoms with van der Waals surface area (Å²) in [7, 11) is -1.08. The number of hydrogen-bond donors (Lipinski definition) is 1. The van der Waals surface area contributed by atoms with Gasteiger partial charge in [-0.25, -0.2) is 0 Å². The maximum absolute atomic E-state index is 13.3. The van der Waals surface area contributed by atoms with Crippen molar-refractivity contribution >= 4 is 54.0 Å². The van der Waals surface area contributed by atoms with Gasteiger partial charge in [0.1, 0.15) is 32.2 Å². The van der Waals surface area contributed by atoms with Crippen molar-refractivity contribution in [2.75, 3.05) is 98.8 Å². The zero-order valence-electron chi connectivity index (χ0n) is 33.7. The lowest BCUT2D eigenvalue weighted by Crippen LogP contribution is -2.47. The number of carbonyl (C=O) groups excluding carboxylic acids is 5. The summed E-state index contributed by atoms with van der Waals surface area (Å²) in [6.45, 7) is 25.1. The van der Waals surface area contributed by atoms with E-state index in [1.54, 1.807) is 0 Å². The summed E-state index contributed by atoms with van der Waals surface area (Å²) in [5, 5.41) is 0.507. The molecule has 1 unspecified atom stereocenters. The topological polar surface area (TPSA) is 153 Å². The van der Waals surface area contributed by atoms with Gasteiger partial charge in [0.25, 0.3) is 0 Å². The number of amides is 1. The van der Waals surface area contributed by atoms with Gasteiger partial charge in [-0.1, -0.05) is 36.6 Å². The van der Waals surface area contributed by atoms with Gasteiger partial charge in [0, 0.05) is 25.5 Å². The van der Waals surface area contributed by atoms with Crippen LogP contribution in [-0.4, -0.2) is 144 Å². The molecular formula is C36H68NO11P3. The molecule has 51 heavy (non-hydrogen) atoms. The van der Waals surface area contributed by atoms with Crippen molar-refractivity contribution in [3.8, 4) is 0 Å². The molecule has 0 spiro atoms. The van der Waals surface area contributed by atoms with E-state index in [4.69, 9.17) is 28.4 Å². The lowest BCUT2D eigenvalue weighted by Gasteiger charge is -2.36. The Balaban J connectivity index is 5.57. The highest BCUT2D eigenvalue weighted by Gasteiger charge is 2.42. The van der Waals surface area contributed by atoms with Crippen LogP contribution in [0.5, 0.6) is 0 Å². The molecule has 1 amide bonds. The van der Waals surface area contributed by atoms with E-state index < -0.39 is 60.5 Å².